The van der Waals surface area contributed by atoms with Crippen molar-refractivity contribution in [1.82, 2.24) is 4.72 Å². The van der Waals surface area contributed by atoms with Crippen LogP contribution in [0.3, 0.4) is 0 Å². The number of sulfonamides is 1. The Hall–Kier alpha value is -0.830. The van der Waals surface area contributed by atoms with Crippen molar-refractivity contribution >= 4 is 21.6 Å². The number of benzene rings is 1. The molecule has 0 bridgehead atoms. The molecule has 0 unspecified atom stereocenters. The predicted octanol–water partition coefficient (Wildman–Crippen LogP) is 2.03. The van der Waals surface area contributed by atoms with Gasteiger partial charge in [0, 0.05) is 0 Å². The number of alkyl halides is 3. The molecule has 0 heterocycles. The zero-order valence-electron chi connectivity index (χ0n) is 8.08. The second-order valence-corrected chi connectivity index (χ2v) is 5.11. The molecule has 0 saturated heterocycles. The Morgan fingerprint density at radius 3 is 2.35 bits per heavy atom. The van der Waals surface area contributed by atoms with E-state index in [1.165, 1.54) is 0 Å². The molecule has 1 aromatic rings. The van der Waals surface area contributed by atoms with Gasteiger partial charge in [0.25, 0.3) is 0 Å². The number of rotatable bonds is 3. The Morgan fingerprint density at radius 2 is 1.88 bits per heavy atom. The monoisotopic (exact) mass is 288 g/mol. The van der Waals surface area contributed by atoms with Gasteiger partial charge in [-0.05, 0) is 18.2 Å². The van der Waals surface area contributed by atoms with E-state index in [9.17, 15) is 26.7 Å². The van der Waals surface area contributed by atoms with Crippen molar-refractivity contribution in [3.8, 4) is 0 Å². The quantitative estimate of drug-likeness (QED) is 0.865. The maximum Gasteiger partial charge on any atom is 0.417 e. The summed E-state index contributed by atoms with van der Waals surface area (Å²) in [5, 5.41) is 9.52. The SMILES string of the molecule is [O]CNS(=O)(=O)c1ccc(Cl)c(C(F)(F)F)c1. The van der Waals surface area contributed by atoms with E-state index in [-0.39, 0.29) is 0 Å². The maximum absolute atomic E-state index is 12.4. The van der Waals surface area contributed by atoms with Crippen molar-refractivity contribution in [2.24, 2.45) is 0 Å². The van der Waals surface area contributed by atoms with Crippen LogP contribution in [-0.4, -0.2) is 15.1 Å². The summed E-state index contributed by atoms with van der Waals surface area (Å²) in [4.78, 5) is -0.662. The zero-order valence-corrected chi connectivity index (χ0v) is 9.66. The van der Waals surface area contributed by atoms with Crippen LogP contribution in [0, 0.1) is 0 Å². The van der Waals surface area contributed by atoms with E-state index in [1.807, 2.05) is 0 Å². The number of hydrogen-bond donors (Lipinski definition) is 1. The van der Waals surface area contributed by atoms with Gasteiger partial charge in [0.15, 0.2) is 0 Å². The summed E-state index contributed by atoms with van der Waals surface area (Å²) in [6, 6.07) is 2.07. The molecule has 1 rings (SSSR count). The topological polar surface area (TPSA) is 66.1 Å². The minimum absolute atomic E-state index is 0.375. The van der Waals surface area contributed by atoms with Crippen molar-refractivity contribution in [3.63, 3.8) is 0 Å². The van der Waals surface area contributed by atoms with E-state index in [0.717, 1.165) is 12.1 Å². The molecule has 0 aromatic heterocycles. The molecule has 95 valence electrons. The minimum Gasteiger partial charge on any atom is -0.219 e. The van der Waals surface area contributed by atoms with Crippen LogP contribution in [0.1, 0.15) is 5.56 Å². The molecule has 0 fully saturated rings. The highest BCUT2D eigenvalue weighted by atomic mass is 35.5. The average molecular weight is 289 g/mol. The summed E-state index contributed by atoms with van der Waals surface area (Å²) in [5.41, 5.74) is -1.27. The largest absolute Gasteiger partial charge is 0.417 e. The Bertz CT molecular complexity index is 515. The maximum atomic E-state index is 12.4. The standard InChI is InChI=1S/C8H6ClF3NO3S/c9-7-2-1-5(17(15,16)13-4-14)3-6(7)8(10,11)12/h1-3,13H,4H2. The minimum atomic E-state index is -4.76. The van der Waals surface area contributed by atoms with Crippen LogP contribution in [0.5, 0.6) is 0 Å². The van der Waals surface area contributed by atoms with Crippen LogP contribution >= 0.6 is 11.6 Å². The Kier molecular flexibility index (Phi) is 4.03. The van der Waals surface area contributed by atoms with Crippen LogP contribution < -0.4 is 4.72 Å². The zero-order chi connectivity index (χ0) is 13.3. The Balaban J connectivity index is 3.32. The summed E-state index contributed by atoms with van der Waals surface area (Å²) >= 11 is 5.31. The Labute approximate surface area is 100 Å². The molecule has 1 N–H and O–H groups in total. The van der Waals surface area contributed by atoms with Crippen LogP contribution in [0.2, 0.25) is 5.02 Å². The van der Waals surface area contributed by atoms with Crippen molar-refractivity contribution < 1.29 is 26.7 Å². The molecule has 0 spiro atoms. The summed E-state index contributed by atoms with van der Waals surface area (Å²) in [5.74, 6) is 0. The van der Waals surface area contributed by atoms with Gasteiger partial charge in [-0.25, -0.2) is 13.5 Å². The molecule has 0 saturated carbocycles. The molecule has 0 aliphatic rings. The van der Waals surface area contributed by atoms with Gasteiger partial charge in [0.1, 0.15) is 6.73 Å². The van der Waals surface area contributed by atoms with Crippen molar-refractivity contribution in [3.05, 3.63) is 28.8 Å². The third-order valence-corrected chi connectivity index (χ3v) is 3.50. The predicted molar refractivity (Wildman–Crippen MR) is 52.3 cm³/mol. The molecular formula is C8H6ClF3NO3S. The molecule has 17 heavy (non-hydrogen) atoms. The van der Waals surface area contributed by atoms with Crippen molar-refractivity contribution in [2.75, 3.05) is 6.73 Å². The highest BCUT2D eigenvalue weighted by Crippen LogP contribution is 2.35. The van der Waals surface area contributed by atoms with Gasteiger partial charge in [-0.3, -0.25) is 0 Å². The van der Waals surface area contributed by atoms with Gasteiger partial charge in [0.05, 0.1) is 15.5 Å². The summed E-state index contributed by atoms with van der Waals surface area (Å²) in [6.45, 7) is -1.16. The third kappa shape index (κ3) is 3.32. The van der Waals surface area contributed by atoms with Gasteiger partial charge < -0.3 is 0 Å². The molecule has 0 aliphatic carbocycles. The fraction of sp³-hybridized carbons (Fsp3) is 0.250. The summed E-state index contributed by atoms with van der Waals surface area (Å²) < 4.78 is 61.5. The first kappa shape index (κ1) is 14.2. The fourth-order valence-corrected chi connectivity index (χ4v) is 2.12. The normalized spacial score (nSPS) is 12.8. The van der Waals surface area contributed by atoms with Crippen LogP contribution in [0.25, 0.3) is 0 Å². The molecule has 4 nitrogen and oxygen atoms in total. The van der Waals surface area contributed by atoms with E-state index in [0.29, 0.717) is 6.07 Å². The van der Waals surface area contributed by atoms with E-state index in [1.54, 1.807) is 4.72 Å². The molecule has 0 aliphatic heterocycles. The number of halogens is 4. The average Bonchev–Trinajstić information content (AvgIpc) is 2.15. The molecule has 1 radical (unpaired) electrons. The highest BCUT2D eigenvalue weighted by Gasteiger charge is 2.34. The first-order valence-electron chi connectivity index (χ1n) is 4.13. The van der Waals surface area contributed by atoms with Gasteiger partial charge in [-0.2, -0.15) is 17.9 Å². The van der Waals surface area contributed by atoms with Gasteiger partial charge in [0.2, 0.25) is 10.0 Å². The van der Waals surface area contributed by atoms with E-state index in [2.05, 4.69) is 0 Å². The first-order valence-corrected chi connectivity index (χ1v) is 5.99. The molecule has 1 aromatic carbocycles. The fourth-order valence-electron chi connectivity index (χ4n) is 1.05. The van der Waals surface area contributed by atoms with E-state index in [4.69, 9.17) is 11.6 Å². The highest BCUT2D eigenvalue weighted by molar-refractivity contribution is 7.89. The molecule has 9 heteroatoms. The lowest BCUT2D eigenvalue weighted by molar-refractivity contribution is -0.137. The van der Waals surface area contributed by atoms with Gasteiger partial charge >= 0.3 is 6.18 Å². The number of nitrogens with one attached hydrogen (secondary N) is 1. The summed E-state index contributed by atoms with van der Waals surface area (Å²) in [6.07, 6.45) is -4.76. The lowest BCUT2D eigenvalue weighted by Gasteiger charge is -2.11. The van der Waals surface area contributed by atoms with Crippen LogP contribution in [-0.2, 0) is 21.3 Å². The molecule has 0 amide bonds. The van der Waals surface area contributed by atoms with Crippen LogP contribution in [0.15, 0.2) is 23.1 Å². The van der Waals surface area contributed by atoms with Gasteiger partial charge in [-0.15, -0.1) is 0 Å². The molecule has 0 atom stereocenters. The second kappa shape index (κ2) is 4.81. The van der Waals surface area contributed by atoms with Crippen molar-refractivity contribution in [1.29, 1.82) is 0 Å². The van der Waals surface area contributed by atoms with E-state index >= 15 is 0 Å². The van der Waals surface area contributed by atoms with E-state index < -0.39 is 38.4 Å². The smallest absolute Gasteiger partial charge is 0.219 e. The third-order valence-electron chi connectivity index (χ3n) is 1.80. The lowest BCUT2D eigenvalue weighted by Crippen LogP contribution is -2.24. The molecular weight excluding hydrogens is 283 g/mol. The Morgan fingerprint density at radius 1 is 1.29 bits per heavy atom. The van der Waals surface area contributed by atoms with Crippen molar-refractivity contribution in [2.45, 2.75) is 11.1 Å². The van der Waals surface area contributed by atoms with Crippen LogP contribution in [0.4, 0.5) is 13.2 Å². The second-order valence-electron chi connectivity index (χ2n) is 2.93. The van der Waals surface area contributed by atoms with Gasteiger partial charge in [-0.1, -0.05) is 11.6 Å². The lowest BCUT2D eigenvalue weighted by atomic mass is 10.2. The summed E-state index contributed by atoms with van der Waals surface area (Å²) in [7, 11) is -4.23. The number of hydrogen-bond acceptors (Lipinski definition) is 2. The first-order chi connectivity index (χ1) is 7.68.